The van der Waals surface area contributed by atoms with Crippen LogP contribution in [0.25, 0.3) is 16.5 Å². The van der Waals surface area contributed by atoms with Crippen molar-refractivity contribution >= 4 is 76.6 Å². The number of phenolic OH excluding ortho intramolecular Hbond substituents is 1. The number of hydrogen-bond donors (Lipinski definition) is 4. The maximum absolute atomic E-state index is 12.6. The molecule has 0 fully saturated rings. The Labute approximate surface area is 347 Å². The number of H-pyrrole nitrogens is 1. The second-order valence-electron chi connectivity index (χ2n) is 11.9. The molecule has 5 aromatic carbocycles. The number of aromatic nitrogens is 2. The number of nitrogens with zero attached hydrogens (tertiary/aromatic N) is 5. The molecule has 6 aromatic rings. The van der Waals surface area contributed by atoms with Crippen LogP contribution >= 0.6 is 11.6 Å². The van der Waals surface area contributed by atoms with Gasteiger partial charge < -0.3 is 26.2 Å². The fraction of sp³-hybridized carbons (Fsp3) is 0.111. The minimum absolute atomic E-state index is 0. The third kappa shape index (κ3) is 10.9. The van der Waals surface area contributed by atoms with Gasteiger partial charge in [-0.1, -0.05) is 59.5 Å². The first-order valence-electron chi connectivity index (χ1n) is 15.9. The first kappa shape index (κ1) is 46.3. The van der Waals surface area contributed by atoms with Crippen molar-refractivity contribution < 1.29 is 59.0 Å². The van der Waals surface area contributed by atoms with Gasteiger partial charge in [0.15, 0.2) is 25.4 Å². The third-order valence-corrected chi connectivity index (χ3v) is 10.2. The number of halogens is 1. The number of amides is 1. The van der Waals surface area contributed by atoms with E-state index in [9.17, 15) is 41.7 Å². The Morgan fingerprint density at radius 3 is 1.90 bits per heavy atom. The van der Waals surface area contributed by atoms with Gasteiger partial charge in [0, 0.05) is 22.9 Å². The van der Waals surface area contributed by atoms with Crippen LogP contribution in [-0.4, -0.2) is 57.4 Å². The van der Waals surface area contributed by atoms with Crippen LogP contribution in [0, 0.1) is 6.92 Å². The van der Waals surface area contributed by atoms with Crippen molar-refractivity contribution in [3.05, 3.63) is 112 Å². The van der Waals surface area contributed by atoms with E-state index < -0.39 is 42.8 Å². The average molecular weight is 889 g/mol. The van der Waals surface area contributed by atoms with E-state index in [1.807, 2.05) is 0 Å². The Balaban J connectivity index is 0.000000301. The van der Waals surface area contributed by atoms with E-state index in [1.54, 1.807) is 55.5 Å². The summed E-state index contributed by atoms with van der Waals surface area (Å²) in [5.41, 5.74) is 0.389. The number of sulfone groups is 2. The van der Waals surface area contributed by atoms with Crippen LogP contribution in [0.3, 0.4) is 0 Å². The van der Waals surface area contributed by atoms with E-state index in [4.69, 9.17) is 11.6 Å². The zero-order valence-corrected chi connectivity index (χ0v) is 34.5. The van der Waals surface area contributed by atoms with E-state index in [0.29, 0.717) is 32.9 Å². The van der Waals surface area contributed by atoms with Crippen LogP contribution < -0.4 is 27.2 Å². The van der Waals surface area contributed by atoms with E-state index in [1.165, 1.54) is 30.0 Å². The molecule has 0 bridgehead atoms. The predicted molar refractivity (Wildman–Crippen MR) is 209 cm³/mol. The zero-order valence-electron chi connectivity index (χ0n) is 30.8. The molecule has 1 heterocycles. The molecule has 18 nitrogen and oxygen atoms in total. The Hall–Kier alpha value is -6.08. The van der Waals surface area contributed by atoms with Crippen LogP contribution in [0.2, 0.25) is 5.02 Å². The fourth-order valence-electron chi connectivity index (χ4n) is 4.99. The van der Waals surface area contributed by atoms with Gasteiger partial charge in [-0.05, 0) is 66.9 Å². The maximum atomic E-state index is 12.6. The Kier molecular flexibility index (Phi) is 15.1. The first-order valence-corrected chi connectivity index (χ1v) is 20.1. The average Bonchev–Trinajstić information content (AvgIpc) is 3.42. The number of phenols is 1. The number of aryl methyl sites for hydroxylation is 1. The largest absolute Gasteiger partial charge is 3.00 e. The van der Waals surface area contributed by atoms with Gasteiger partial charge in [-0.2, -0.15) is 10.2 Å². The number of methoxy groups -OCH3 is 1. The van der Waals surface area contributed by atoms with Gasteiger partial charge in [-0.15, -0.1) is 10.2 Å². The smallest absolute Gasteiger partial charge is 0.871 e. The number of azo groups is 2. The van der Waals surface area contributed by atoms with E-state index in [0.717, 1.165) is 36.8 Å². The zero-order chi connectivity index (χ0) is 40.9. The van der Waals surface area contributed by atoms with Crippen LogP contribution in [0.5, 0.6) is 17.2 Å². The Morgan fingerprint density at radius 2 is 1.36 bits per heavy atom. The van der Waals surface area contributed by atoms with Gasteiger partial charge in [0.2, 0.25) is 0 Å². The van der Waals surface area contributed by atoms with Crippen molar-refractivity contribution in [2.24, 2.45) is 20.5 Å². The Morgan fingerprint density at radius 1 is 0.810 bits per heavy atom. The van der Waals surface area contributed by atoms with Gasteiger partial charge in [0.1, 0.15) is 11.4 Å². The molecule has 0 saturated heterocycles. The molecule has 0 aliphatic rings. The topological polar surface area (TPSA) is 295 Å². The summed E-state index contributed by atoms with van der Waals surface area (Å²) in [7, 11) is -5.83. The standard InChI is InChI=1S/C19H17N3O6S.C17H15ClN4O4S.Cr.H3N/c1-28-19(25)20-13-5-3-4-11-6-8-16(24)18(17(11)13)22-21-14-10-12(29(2,26)27)7-9-15(14)23;1-10-16(17(24)22(21-10)12-5-3-4-11(18)8-12)20-19-14-9-13(27(2,25)26)6-7-15(14)23;;/h3-10,23-24H,1-2H3,(H,20,25);3-9,21,23H,1-2H3;;1H3/q;;+3;/p-2. The molecule has 58 heavy (non-hydrogen) atoms. The Bertz CT molecular complexity index is 2850. The number of hydrogen-bond acceptors (Lipinski definition) is 15. The normalized spacial score (nSPS) is 11.4. The molecule has 6 rings (SSSR count). The van der Waals surface area contributed by atoms with Crippen LogP contribution in [0.1, 0.15) is 5.69 Å². The van der Waals surface area contributed by atoms with Gasteiger partial charge in [0.25, 0.3) is 5.56 Å². The molecular weight excluding hydrogens is 856 g/mol. The van der Waals surface area contributed by atoms with Crippen molar-refractivity contribution in [3.8, 4) is 22.9 Å². The summed E-state index contributed by atoms with van der Waals surface area (Å²) in [4.78, 5) is 24.1. The van der Waals surface area contributed by atoms with Gasteiger partial charge in [-0.3, -0.25) is 15.2 Å². The molecule has 22 heteroatoms. The summed E-state index contributed by atoms with van der Waals surface area (Å²) < 4.78 is 52.5. The number of ether oxygens (including phenoxy) is 1. The van der Waals surface area contributed by atoms with Crippen molar-refractivity contribution in [2.75, 3.05) is 24.9 Å². The molecule has 1 aromatic heterocycles. The molecule has 6 N–H and O–H groups in total. The number of nitrogens with one attached hydrogen (secondary N) is 2. The van der Waals surface area contributed by atoms with Crippen molar-refractivity contribution in [3.63, 3.8) is 0 Å². The summed E-state index contributed by atoms with van der Waals surface area (Å²) in [6.45, 7) is 1.63. The fourth-order valence-corrected chi connectivity index (χ4v) is 6.45. The summed E-state index contributed by atoms with van der Waals surface area (Å²) in [6.07, 6.45) is 1.31. The maximum Gasteiger partial charge on any atom is 3.00 e. The molecular formula is C36H33ClCrN8O10S2+. The molecule has 1 radical (unpaired) electrons. The van der Waals surface area contributed by atoms with E-state index in [2.05, 4.69) is 35.6 Å². The predicted octanol–water partition coefficient (Wildman–Crippen LogP) is 6.80. The molecule has 301 valence electrons. The number of anilines is 1. The SMILES string of the molecule is COC(=O)Nc1cccc2ccc(O)c(N=Nc3cc(S(C)(=O)=O)ccc3[O-])c12.Cc1[nH]n(-c2cccc(Cl)c2)c(=O)c1N=Nc1cc(S(C)(=O)=O)ccc1[O-].N.[Cr+3]. The van der Waals surface area contributed by atoms with Crippen molar-refractivity contribution in [1.29, 1.82) is 0 Å². The minimum atomic E-state index is -3.54. The van der Waals surface area contributed by atoms with E-state index in [-0.39, 0.29) is 61.8 Å². The number of fused-ring (bicyclic) bond motifs is 1. The quantitative estimate of drug-likeness (QED) is 0.115. The molecule has 0 unspecified atom stereocenters. The number of aromatic amines is 1. The molecule has 0 aliphatic heterocycles. The summed E-state index contributed by atoms with van der Waals surface area (Å²) >= 11 is 5.95. The molecule has 0 saturated carbocycles. The van der Waals surface area contributed by atoms with Crippen LogP contribution in [-0.2, 0) is 41.8 Å². The molecule has 1 amide bonds. The second-order valence-corrected chi connectivity index (χ2v) is 16.3. The monoisotopic (exact) mass is 888 g/mol. The minimum Gasteiger partial charge on any atom is -0.871 e. The van der Waals surface area contributed by atoms with Crippen LogP contribution in [0.4, 0.5) is 33.2 Å². The molecule has 0 aliphatic carbocycles. The number of carbonyl (C=O) groups excluding carboxylic acids is 1. The summed E-state index contributed by atoms with van der Waals surface area (Å²) in [5, 5.41) is 56.5. The second kappa shape index (κ2) is 18.9. The van der Waals surface area contributed by atoms with Crippen LogP contribution in [0.15, 0.2) is 126 Å². The summed E-state index contributed by atoms with van der Waals surface area (Å²) in [5.74, 6) is -1.28. The van der Waals surface area contributed by atoms with Crippen molar-refractivity contribution in [2.45, 2.75) is 16.7 Å². The third-order valence-electron chi connectivity index (χ3n) is 7.76. The van der Waals surface area contributed by atoms with Gasteiger partial charge in [-0.25, -0.2) is 26.3 Å². The van der Waals surface area contributed by atoms with Crippen molar-refractivity contribution in [1.82, 2.24) is 15.9 Å². The number of rotatable bonds is 8. The van der Waals surface area contributed by atoms with E-state index >= 15 is 0 Å². The number of carbonyl (C=O) groups is 1. The summed E-state index contributed by atoms with van der Waals surface area (Å²) in [6, 6.07) is 21.5. The first-order chi connectivity index (χ1) is 26.4. The number of benzene rings is 5. The number of aromatic hydroxyl groups is 1. The van der Waals surface area contributed by atoms with Gasteiger partial charge >= 0.3 is 23.5 Å². The molecule has 0 atom stereocenters. The molecule has 0 spiro atoms. The van der Waals surface area contributed by atoms with Gasteiger partial charge in [0.05, 0.1) is 45.3 Å².